The highest BCUT2D eigenvalue weighted by atomic mass is 32.2. The van der Waals surface area contributed by atoms with Crippen LogP contribution in [0, 0.1) is 5.92 Å². The van der Waals surface area contributed by atoms with Crippen LogP contribution in [-0.2, 0) is 4.79 Å². The van der Waals surface area contributed by atoms with Gasteiger partial charge in [-0.05, 0) is 30.9 Å². The van der Waals surface area contributed by atoms with Gasteiger partial charge in [0.1, 0.15) is 0 Å². The average Bonchev–Trinajstić information content (AvgIpc) is 3.14. The van der Waals surface area contributed by atoms with Crippen LogP contribution in [0.2, 0.25) is 0 Å². The van der Waals surface area contributed by atoms with E-state index in [2.05, 4.69) is 34.6 Å². The largest absolute Gasteiger partial charge is 0.352 e. The lowest BCUT2D eigenvalue weighted by atomic mass is 9.86. The summed E-state index contributed by atoms with van der Waals surface area (Å²) < 4.78 is 3.23. The maximum atomic E-state index is 12.3. The summed E-state index contributed by atoms with van der Waals surface area (Å²) >= 11 is 3.08. The number of rotatable bonds is 4. The number of aromatic nitrogens is 3. The van der Waals surface area contributed by atoms with Gasteiger partial charge in [0.2, 0.25) is 10.9 Å². The topological polar surface area (TPSA) is 59.3 Å². The number of benzene rings is 1. The van der Waals surface area contributed by atoms with Gasteiger partial charge in [-0.2, -0.15) is 0 Å². The molecule has 126 valence electrons. The standard InChI is InChI=1S/C17H20N4OS2/c1-11-6-2-3-7-12(11)18-15(22)10-23-16-19-20-17-21(16)13-8-4-5-9-14(13)24-17/h4-5,8-9,11-12H,2-3,6-7,10H2,1H3,(H,18,22)/t11-,12+/m1/s1. The second-order valence-electron chi connectivity index (χ2n) is 6.39. The van der Waals surface area contributed by atoms with Gasteiger partial charge in [-0.15, -0.1) is 10.2 Å². The van der Waals surface area contributed by atoms with Crippen molar-refractivity contribution in [1.29, 1.82) is 0 Å². The van der Waals surface area contributed by atoms with Gasteiger partial charge < -0.3 is 5.32 Å². The Morgan fingerprint density at radius 1 is 1.33 bits per heavy atom. The summed E-state index contributed by atoms with van der Waals surface area (Å²) in [5, 5.41) is 12.5. The molecular formula is C17H20N4OS2. The molecule has 1 saturated carbocycles. The van der Waals surface area contributed by atoms with Crippen LogP contribution in [0.5, 0.6) is 0 Å². The van der Waals surface area contributed by atoms with Gasteiger partial charge in [0.05, 0.1) is 16.0 Å². The number of hydrogen-bond donors (Lipinski definition) is 1. The number of nitrogens with one attached hydrogen (secondary N) is 1. The molecular weight excluding hydrogens is 340 g/mol. The number of thiazole rings is 1. The van der Waals surface area contributed by atoms with Crippen LogP contribution < -0.4 is 5.32 Å². The Hall–Kier alpha value is -1.60. The molecule has 1 N–H and O–H groups in total. The Labute approximate surface area is 148 Å². The monoisotopic (exact) mass is 360 g/mol. The normalized spacial score (nSPS) is 21.4. The van der Waals surface area contributed by atoms with Gasteiger partial charge in [0.25, 0.3) is 0 Å². The Kier molecular flexibility index (Phi) is 4.45. The van der Waals surface area contributed by atoms with Crippen molar-refractivity contribution in [2.75, 3.05) is 5.75 Å². The predicted octanol–water partition coefficient (Wildman–Crippen LogP) is 3.73. The number of fused-ring (bicyclic) bond motifs is 3. The summed E-state index contributed by atoms with van der Waals surface area (Å²) in [6.07, 6.45) is 4.81. The molecule has 0 unspecified atom stereocenters. The molecule has 3 aromatic rings. The molecule has 24 heavy (non-hydrogen) atoms. The summed E-state index contributed by atoms with van der Waals surface area (Å²) in [5.74, 6) is 1.05. The molecule has 0 spiro atoms. The molecule has 0 saturated heterocycles. The summed E-state index contributed by atoms with van der Waals surface area (Å²) in [6, 6.07) is 8.51. The highest BCUT2D eigenvalue weighted by molar-refractivity contribution is 7.99. The van der Waals surface area contributed by atoms with E-state index in [-0.39, 0.29) is 5.91 Å². The zero-order valence-corrected chi connectivity index (χ0v) is 15.2. The zero-order chi connectivity index (χ0) is 16.5. The Morgan fingerprint density at radius 3 is 3.04 bits per heavy atom. The predicted molar refractivity (Wildman–Crippen MR) is 98.7 cm³/mol. The first-order valence-electron chi connectivity index (χ1n) is 8.37. The molecule has 2 atom stereocenters. The minimum atomic E-state index is 0.0926. The van der Waals surface area contributed by atoms with Gasteiger partial charge in [0, 0.05) is 6.04 Å². The second kappa shape index (κ2) is 6.72. The third-order valence-corrected chi connectivity index (χ3v) is 6.64. The Morgan fingerprint density at radius 2 is 2.17 bits per heavy atom. The molecule has 1 fully saturated rings. The summed E-state index contributed by atoms with van der Waals surface area (Å²) in [6.45, 7) is 2.23. The van der Waals surface area contributed by atoms with E-state index >= 15 is 0 Å². The van der Waals surface area contributed by atoms with Gasteiger partial charge >= 0.3 is 0 Å². The van der Waals surface area contributed by atoms with Crippen molar-refractivity contribution in [2.24, 2.45) is 5.92 Å². The van der Waals surface area contributed by atoms with Crippen molar-refractivity contribution in [1.82, 2.24) is 19.9 Å². The minimum Gasteiger partial charge on any atom is -0.352 e. The number of thioether (sulfide) groups is 1. The molecule has 7 heteroatoms. The fourth-order valence-corrected chi connectivity index (χ4v) is 5.14. The number of amides is 1. The van der Waals surface area contributed by atoms with Crippen molar-refractivity contribution in [3.8, 4) is 0 Å². The summed E-state index contributed by atoms with van der Waals surface area (Å²) in [5.41, 5.74) is 1.10. The van der Waals surface area contributed by atoms with Gasteiger partial charge in [-0.1, -0.05) is 55.0 Å². The molecule has 0 bridgehead atoms. The van der Waals surface area contributed by atoms with Crippen LogP contribution in [0.3, 0.4) is 0 Å². The van der Waals surface area contributed by atoms with E-state index in [1.165, 1.54) is 35.7 Å². The van der Waals surface area contributed by atoms with Crippen molar-refractivity contribution >= 4 is 44.2 Å². The third-order valence-electron chi connectivity index (χ3n) is 4.70. The first-order chi connectivity index (χ1) is 11.7. The number of carbonyl (C=O) groups is 1. The van der Waals surface area contributed by atoms with Crippen molar-refractivity contribution in [3.63, 3.8) is 0 Å². The van der Waals surface area contributed by atoms with Crippen molar-refractivity contribution < 1.29 is 4.79 Å². The van der Waals surface area contributed by atoms with Crippen LogP contribution in [0.15, 0.2) is 29.4 Å². The lowest BCUT2D eigenvalue weighted by molar-refractivity contribution is -0.119. The second-order valence-corrected chi connectivity index (χ2v) is 8.35. The highest BCUT2D eigenvalue weighted by Crippen LogP contribution is 2.29. The van der Waals surface area contributed by atoms with Gasteiger partial charge in [0.15, 0.2) is 5.16 Å². The number of carbonyl (C=O) groups excluding carboxylic acids is 1. The molecule has 4 rings (SSSR count). The fourth-order valence-electron chi connectivity index (χ4n) is 3.36. The van der Waals surface area contributed by atoms with E-state index in [0.29, 0.717) is 17.7 Å². The molecule has 1 aromatic carbocycles. The van der Waals surface area contributed by atoms with Crippen LogP contribution in [0.25, 0.3) is 15.2 Å². The molecule has 1 aliphatic carbocycles. The number of nitrogens with zero attached hydrogens (tertiary/aromatic N) is 3. The average molecular weight is 361 g/mol. The minimum absolute atomic E-state index is 0.0926. The van der Waals surface area contributed by atoms with E-state index in [4.69, 9.17) is 0 Å². The maximum absolute atomic E-state index is 12.3. The van der Waals surface area contributed by atoms with E-state index in [9.17, 15) is 4.79 Å². The third kappa shape index (κ3) is 3.02. The lowest BCUT2D eigenvalue weighted by Crippen LogP contribution is -2.41. The smallest absolute Gasteiger partial charge is 0.230 e. The zero-order valence-electron chi connectivity index (χ0n) is 13.6. The van der Waals surface area contributed by atoms with E-state index in [1.54, 1.807) is 11.3 Å². The summed E-state index contributed by atoms with van der Waals surface area (Å²) in [7, 11) is 0. The Balaban J connectivity index is 1.45. The highest BCUT2D eigenvalue weighted by Gasteiger charge is 2.23. The Bertz CT molecular complexity index is 872. The van der Waals surface area contributed by atoms with Crippen LogP contribution in [-0.4, -0.2) is 32.3 Å². The molecule has 2 aromatic heterocycles. The van der Waals surface area contributed by atoms with E-state index in [1.807, 2.05) is 16.5 Å². The molecule has 0 radical (unpaired) electrons. The van der Waals surface area contributed by atoms with Crippen LogP contribution >= 0.6 is 23.1 Å². The lowest BCUT2D eigenvalue weighted by Gasteiger charge is -2.29. The molecule has 2 heterocycles. The van der Waals surface area contributed by atoms with Gasteiger partial charge in [-0.25, -0.2) is 0 Å². The first-order valence-corrected chi connectivity index (χ1v) is 10.2. The quantitative estimate of drug-likeness (QED) is 0.720. The fraction of sp³-hybridized carbons (Fsp3) is 0.471. The van der Waals surface area contributed by atoms with Gasteiger partial charge in [-0.3, -0.25) is 9.20 Å². The van der Waals surface area contributed by atoms with Crippen molar-refractivity contribution in [3.05, 3.63) is 24.3 Å². The SMILES string of the molecule is C[C@@H]1CCCC[C@@H]1NC(=O)CSc1nnc2sc3ccccc3n12. The van der Waals surface area contributed by atoms with E-state index < -0.39 is 0 Å². The summed E-state index contributed by atoms with van der Waals surface area (Å²) in [4.78, 5) is 13.2. The maximum Gasteiger partial charge on any atom is 0.230 e. The number of hydrogen-bond acceptors (Lipinski definition) is 5. The molecule has 0 aliphatic heterocycles. The van der Waals surface area contributed by atoms with E-state index in [0.717, 1.165) is 22.1 Å². The first kappa shape index (κ1) is 15.9. The molecule has 5 nitrogen and oxygen atoms in total. The molecule has 1 amide bonds. The van der Waals surface area contributed by atoms with Crippen molar-refractivity contribution in [2.45, 2.75) is 43.8 Å². The van der Waals surface area contributed by atoms with Crippen LogP contribution in [0.1, 0.15) is 32.6 Å². The number of para-hydroxylation sites is 1. The van der Waals surface area contributed by atoms with Crippen LogP contribution in [0.4, 0.5) is 0 Å². The molecule has 1 aliphatic rings.